The lowest BCUT2D eigenvalue weighted by atomic mass is 9.42. The summed E-state index contributed by atoms with van der Waals surface area (Å²) in [5.74, 6) is 2.98. The lowest BCUT2D eigenvalue weighted by Gasteiger charge is -2.61. The van der Waals surface area contributed by atoms with Gasteiger partial charge in [0.2, 0.25) is 0 Å². The lowest BCUT2D eigenvalue weighted by molar-refractivity contribution is -0.163. The van der Waals surface area contributed by atoms with Gasteiger partial charge in [0.15, 0.2) is 0 Å². The largest absolute Gasteiger partial charge is 0.462 e. The molecule has 1 spiro atoms. The fourth-order valence-corrected chi connectivity index (χ4v) is 10.8. The van der Waals surface area contributed by atoms with E-state index in [0.717, 1.165) is 32.1 Å². The molecule has 0 radical (unpaired) electrons. The van der Waals surface area contributed by atoms with E-state index in [-0.39, 0.29) is 33.9 Å². The van der Waals surface area contributed by atoms with Crippen molar-refractivity contribution in [1.82, 2.24) is 0 Å². The lowest BCUT2D eigenvalue weighted by Crippen LogP contribution is -2.60. The van der Waals surface area contributed by atoms with Crippen molar-refractivity contribution in [2.45, 2.75) is 116 Å². The van der Waals surface area contributed by atoms with Crippen LogP contribution in [-0.2, 0) is 19.1 Å². The van der Waals surface area contributed by atoms with Gasteiger partial charge in [-0.15, -0.1) is 0 Å². The van der Waals surface area contributed by atoms with Crippen LogP contribution in [0.2, 0.25) is 0 Å². The van der Waals surface area contributed by atoms with E-state index in [1.54, 1.807) is 0 Å². The quantitative estimate of drug-likeness (QED) is 0.432. The Hall–Kier alpha value is -0.900. The standard InChI is InChI=1S/C27H40O4/c1-16(28)26-10-6-5-7-18(26)13-22-20-14-23-27(31-23)15-19(30-17(2)29)8-11-25(27,4)21(20)9-12-24(22,26)3/h18-23H,5-15H2,1-4H3. The first-order valence-corrected chi connectivity index (χ1v) is 13.0. The molecule has 6 rings (SSSR count). The van der Waals surface area contributed by atoms with Gasteiger partial charge in [0, 0.05) is 24.2 Å². The molecule has 0 aromatic rings. The monoisotopic (exact) mass is 428 g/mol. The molecule has 0 aromatic carbocycles. The topological polar surface area (TPSA) is 55.9 Å². The highest BCUT2D eigenvalue weighted by atomic mass is 16.6. The molecule has 1 heterocycles. The molecule has 6 aliphatic rings. The molecule has 5 saturated carbocycles. The van der Waals surface area contributed by atoms with E-state index in [0.29, 0.717) is 35.6 Å². The van der Waals surface area contributed by atoms with E-state index >= 15 is 0 Å². The van der Waals surface area contributed by atoms with Crippen molar-refractivity contribution in [2.75, 3.05) is 0 Å². The summed E-state index contributed by atoms with van der Waals surface area (Å²) in [7, 11) is 0. The summed E-state index contributed by atoms with van der Waals surface area (Å²) in [6.07, 6.45) is 13.1. The Bertz CT molecular complexity index is 822. The predicted octanol–water partition coefficient (Wildman–Crippen LogP) is 5.47. The van der Waals surface area contributed by atoms with Crippen molar-refractivity contribution in [2.24, 2.45) is 39.9 Å². The molecule has 1 aliphatic heterocycles. The number of hydrogen-bond acceptors (Lipinski definition) is 4. The van der Waals surface area contributed by atoms with Crippen molar-refractivity contribution in [1.29, 1.82) is 0 Å². The zero-order chi connectivity index (χ0) is 21.8. The number of carbonyl (C=O) groups is 2. The van der Waals surface area contributed by atoms with Gasteiger partial charge in [0.05, 0.1) is 6.10 Å². The molecule has 0 aromatic heterocycles. The molecule has 0 bridgehead atoms. The number of hydrogen-bond donors (Lipinski definition) is 0. The van der Waals surface area contributed by atoms with Crippen molar-refractivity contribution in [3.8, 4) is 0 Å². The van der Waals surface area contributed by atoms with Gasteiger partial charge in [0.25, 0.3) is 0 Å². The predicted molar refractivity (Wildman–Crippen MR) is 117 cm³/mol. The number of Topliss-reactive ketones (excluding diaryl/α,β-unsaturated/α-hetero) is 1. The summed E-state index contributed by atoms with van der Waals surface area (Å²) in [6.45, 7) is 8.45. The molecule has 31 heavy (non-hydrogen) atoms. The second kappa shape index (κ2) is 6.36. The minimum absolute atomic E-state index is 0.0244. The van der Waals surface area contributed by atoms with Crippen LogP contribution in [0.3, 0.4) is 0 Å². The molecule has 4 nitrogen and oxygen atoms in total. The molecule has 6 fully saturated rings. The number of fused-ring (bicyclic) bond motifs is 6. The highest BCUT2D eigenvalue weighted by Gasteiger charge is 2.78. The van der Waals surface area contributed by atoms with Gasteiger partial charge in [-0.05, 0) is 87.4 Å². The van der Waals surface area contributed by atoms with Crippen LogP contribution in [0.4, 0.5) is 0 Å². The number of carbonyl (C=O) groups excluding carboxylic acids is 2. The molecule has 5 aliphatic carbocycles. The van der Waals surface area contributed by atoms with Gasteiger partial charge in [-0.3, -0.25) is 9.59 Å². The Morgan fingerprint density at radius 3 is 2.42 bits per heavy atom. The molecule has 172 valence electrons. The number of ether oxygens (including phenoxy) is 2. The first kappa shape index (κ1) is 20.7. The minimum atomic E-state index is -0.160. The Kier molecular flexibility index (Phi) is 4.25. The van der Waals surface area contributed by atoms with Gasteiger partial charge in [0.1, 0.15) is 17.5 Å². The maximum Gasteiger partial charge on any atom is 0.302 e. The summed E-state index contributed by atoms with van der Waals surface area (Å²) in [4.78, 5) is 24.8. The Morgan fingerprint density at radius 2 is 1.68 bits per heavy atom. The summed E-state index contributed by atoms with van der Waals surface area (Å²) >= 11 is 0. The van der Waals surface area contributed by atoms with Gasteiger partial charge in [-0.2, -0.15) is 0 Å². The fourth-order valence-electron chi connectivity index (χ4n) is 10.8. The van der Waals surface area contributed by atoms with E-state index in [1.807, 2.05) is 6.92 Å². The third-order valence-corrected chi connectivity index (χ3v) is 12.0. The van der Waals surface area contributed by atoms with Gasteiger partial charge in [-0.1, -0.05) is 26.7 Å². The van der Waals surface area contributed by atoms with E-state index in [9.17, 15) is 9.59 Å². The number of ketones is 1. The maximum atomic E-state index is 13.2. The van der Waals surface area contributed by atoms with Crippen LogP contribution >= 0.6 is 0 Å². The molecule has 0 amide bonds. The van der Waals surface area contributed by atoms with E-state index in [2.05, 4.69) is 13.8 Å². The van der Waals surface area contributed by atoms with Crippen LogP contribution in [0, 0.1) is 39.9 Å². The highest BCUT2D eigenvalue weighted by Crippen LogP contribution is 2.77. The molecule has 10 atom stereocenters. The first-order chi connectivity index (χ1) is 14.7. The molecule has 10 unspecified atom stereocenters. The molecular weight excluding hydrogens is 388 g/mol. The second-order valence-electron chi connectivity index (χ2n) is 12.7. The second-order valence-corrected chi connectivity index (χ2v) is 12.7. The highest BCUT2D eigenvalue weighted by molar-refractivity contribution is 5.84. The zero-order valence-corrected chi connectivity index (χ0v) is 19.9. The normalized spacial score (nSPS) is 56.9. The third-order valence-electron chi connectivity index (χ3n) is 12.0. The number of esters is 1. The Morgan fingerprint density at radius 1 is 0.903 bits per heavy atom. The zero-order valence-electron chi connectivity index (χ0n) is 19.9. The smallest absolute Gasteiger partial charge is 0.302 e. The summed E-state index contributed by atoms with van der Waals surface area (Å²) in [6, 6.07) is 0. The Labute approximate surface area is 187 Å². The van der Waals surface area contributed by atoms with Gasteiger partial charge in [-0.25, -0.2) is 0 Å². The van der Waals surface area contributed by atoms with Crippen LogP contribution < -0.4 is 0 Å². The van der Waals surface area contributed by atoms with E-state index in [1.165, 1.54) is 45.4 Å². The van der Waals surface area contributed by atoms with Crippen LogP contribution in [0.25, 0.3) is 0 Å². The average molecular weight is 429 g/mol. The SMILES string of the molecule is CC(=O)OC1CCC2(C)C3CCC4(C)C(CC5CCCCC54C(C)=O)C3CC3OC32C1. The van der Waals surface area contributed by atoms with Crippen molar-refractivity contribution in [3.63, 3.8) is 0 Å². The molecule has 0 N–H and O–H groups in total. The average Bonchev–Trinajstić information content (AvgIpc) is 3.33. The van der Waals surface area contributed by atoms with Crippen LogP contribution in [0.1, 0.15) is 98.3 Å². The van der Waals surface area contributed by atoms with Gasteiger partial charge >= 0.3 is 5.97 Å². The van der Waals surface area contributed by atoms with Crippen LogP contribution in [0.15, 0.2) is 0 Å². The van der Waals surface area contributed by atoms with E-state index in [4.69, 9.17) is 9.47 Å². The number of rotatable bonds is 2. The fraction of sp³-hybridized carbons (Fsp3) is 0.926. The molecule has 4 heteroatoms. The van der Waals surface area contributed by atoms with Gasteiger partial charge < -0.3 is 9.47 Å². The van der Waals surface area contributed by atoms with Crippen LogP contribution in [-0.4, -0.2) is 29.6 Å². The first-order valence-electron chi connectivity index (χ1n) is 13.0. The van der Waals surface area contributed by atoms with Crippen molar-refractivity contribution < 1.29 is 19.1 Å². The maximum absolute atomic E-state index is 13.2. The van der Waals surface area contributed by atoms with Crippen LogP contribution in [0.5, 0.6) is 0 Å². The summed E-state index contributed by atoms with van der Waals surface area (Å²) in [5.41, 5.74) is 0.235. The minimum Gasteiger partial charge on any atom is -0.462 e. The Balaban J connectivity index is 1.33. The third kappa shape index (κ3) is 2.36. The number of epoxide rings is 1. The van der Waals surface area contributed by atoms with Crippen molar-refractivity contribution >= 4 is 11.8 Å². The molecular formula is C27H40O4. The van der Waals surface area contributed by atoms with E-state index < -0.39 is 0 Å². The van der Waals surface area contributed by atoms with Crippen molar-refractivity contribution in [3.05, 3.63) is 0 Å². The summed E-state index contributed by atoms with van der Waals surface area (Å²) in [5, 5.41) is 0. The summed E-state index contributed by atoms with van der Waals surface area (Å²) < 4.78 is 12.2. The molecule has 1 saturated heterocycles.